The van der Waals surface area contributed by atoms with Crippen molar-refractivity contribution in [3.8, 4) is 50.7 Å². The van der Waals surface area contributed by atoms with E-state index in [1.54, 1.807) is 0 Å². The van der Waals surface area contributed by atoms with E-state index in [1.807, 2.05) is 83.4 Å². The van der Waals surface area contributed by atoms with Crippen molar-refractivity contribution in [2.45, 2.75) is 20.3 Å². The molecule has 0 radical (unpaired) electrons. The van der Waals surface area contributed by atoms with Gasteiger partial charge in [-0.1, -0.05) is 159 Å². The Labute approximate surface area is 391 Å². The van der Waals surface area contributed by atoms with E-state index in [0.717, 1.165) is 72.4 Å². The summed E-state index contributed by atoms with van der Waals surface area (Å²) in [4.78, 5) is 9.34. The van der Waals surface area contributed by atoms with E-state index in [4.69, 9.17) is 9.72 Å². The topological polar surface area (TPSA) is 33.5 Å². The normalized spacial score (nSPS) is 12.6. The SMILES string of the molecule is [2H]c1nc(-n2c3[c-]c(Oc4[c-]c(N5[CH-]N(c6c(-c7ccccc7)cccc6-c6ccccc6)c6ccccc65)ccc4)ccc3c3ccccc32)c([2H])c(CC(C)C)c1-c1ccccc1.[Pt]. The molecule has 0 unspecified atom stereocenters. The number of nitrogens with zero attached hydrogens (tertiary/aromatic N) is 4. The Morgan fingerprint density at radius 1 is 0.578 bits per heavy atom. The molecule has 2 aromatic heterocycles. The maximum Gasteiger partial charge on any atom is 0.135 e. The zero-order valence-corrected chi connectivity index (χ0v) is 37.5. The van der Waals surface area contributed by atoms with Crippen molar-refractivity contribution in [2.75, 3.05) is 9.80 Å². The fourth-order valence-corrected chi connectivity index (χ4v) is 8.81. The van der Waals surface area contributed by atoms with Crippen LogP contribution in [0.4, 0.5) is 22.7 Å². The predicted octanol–water partition coefficient (Wildman–Crippen LogP) is 15.2. The molecule has 0 atom stereocenters. The first-order valence-corrected chi connectivity index (χ1v) is 21.4. The van der Waals surface area contributed by atoms with Crippen molar-refractivity contribution < 1.29 is 28.5 Å². The van der Waals surface area contributed by atoms with E-state index < -0.39 is 0 Å². The average Bonchev–Trinajstić information content (AvgIpc) is 3.89. The van der Waals surface area contributed by atoms with Crippen LogP contribution in [0.25, 0.3) is 61.0 Å². The number of rotatable bonds is 10. The molecule has 3 heterocycles. The summed E-state index contributed by atoms with van der Waals surface area (Å²) in [5.41, 5.74) is 12.5. The number of aromatic nitrogens is 2. The molecule has 1 aliphatic heterocycles. The smallest absolute Gasteiger partial charge is 0.135 e. The molecule has 0 N–H and O–H groups in total. The monoisotopic (exact) mass is 1010 g/mol. The van der Waals surface area contributed by atoms with E-state index in [9.17, 15) is 2.74 Å². The van der Waals surface area contributed by atoms with E-state index in [0.29, 0.717) is 40.9 Å². The molecule has 0 saturated carbocycles. The Balaban J connectivity index is 0.00000511. The molecular weight excluding hydrogens is 964 g/mol. The molecular formula is C58H43N4OPt-3. The number of para-hydroxylation sites is 4. The van der Waals surface area contributed by atoms with Gasteiger partial charge in [0, 0.05) is 78.0 Å². The Kier molecular flexibility index (Phi) is 10.5. The van der Waals surface area contributed by atoms with Crippen molar-refractivity contribution in [1.82, 2.24) is 9.55 Å². The largest absolute Gasteiger partial charge is 0.509 e. The van der Waals surface area contributed by atoms with Gasteiger partial charge in [-0.05, 0) is 64.2 Å². The molecule has 0 amide bonds. The van der Waals surface area contributed by atoms with Gasteiger partial charge in [-0.3, -0.25) is 0 Å². The first-order valence-electron chi connectivity index (χ1n) is 22.4. The maximum absolute atomic E-state index is 9.70. The van der Waals surface area contributed by atoms with E-state index >= 15 is 0 Å². The van der Waals surface area contributed by atoms with Crippen LogP contribution < -0.4 is 14.5 Å². The molecule has 0 aliphatic carbocycles. The van der Waals surface area contributed by atoms with Crippen LogP contribution in [0.15, 0.2) is 200 Å². The second-order valence-corrected chi connectivity index (χ2v) is 16.2. The number of ether oxygens (including phenoxy) is 1. The molecule has 0 spiro atoms. The third-order valence-electron chi connectivity index (χ3n) is 11.6. The van der Waals surface area contributed by atoms with Crippen molar-refractivity contribution in [3.63, 3.8) is 0 Å². The number of hydrogen-bond acceptors (Lipinski definition) is 4. The fourth-order valence-electron chi connectivity index (χ4n) is 8.81. The first-order chi connectivity index (χ1) is 31.9. The molecule has 0 saturated heterocycles. The molecule has 11 rings (SSSR count). The summed E-state index contributed by atoms with van der Waals surface area (Å²) in [6, 6.07) is 71.4. The van der Waals surface area contributed by atoms with Crippen LogP contribution in [-0.4, -0.2) is 9.55 Å². The molecule has 0 bridgehead atoms. The summed E-state index contributed by atoms with van der Waals surface area (Å²) >= 11 is 0. The minimum absolute atomic E-state index is 0. The van der Waals surface area contributed by atoms with Crippen LogP contribution in [0.5, 0.6) is 11.5 Å². The molecule has 314 valence electrons. The van der Waals surface area contributed by atoms with Gasteiger partial charge in [0.05, 0.1) is 2.74 Å². The van der Waals surface area contributed by atoms with Crippen LogP contribution in [0.3, 0.4) is 0 Å². The van der Waals surface area contributed by atoms with Gasteiger partial charge in [-0.2, -0.15) is 12.1 Å². The van der Waals surface area contributed by atoms with Crippen LogP contribution in [0.2, 0.25) is 0 Å². The summed E-state index contributed by atoms with van der Waals surface area (Å²) in [5, 5.41) is 1.95. The summed E-state index contributed by atoms with van der Waals surface area (Å²) in [6.45, 7) is 6.43. The van der Waals surface area contributed by atoms with Gasteiger partial charge in [0.15, 0.2) is 0 Å². The maximum atomic E-state index is 9.70. The number of anilines is 4. The van der Waals surface area contributed by atoms with Crippen LogP contribution >= 0.6 is 0 Å². The predicted molar refractivity (Wildman–Crippen MR) is 259 cm³/mol. The number of pyridine rings is 1. The Hall–Kier alpha value is -7.20. The quantitative estimate of drug-likeness (QED) is 0.128. The van der Waals surface area contributed by atoms with Gasteiger partial charge in [0.1, 0.15) is 5.82 Å². The number of benzene rings is 8. The summed E-state index contributed by atoms with van der Waals surface area (Å²) < 4.78 is 27.6. The van der Waals surface area contributed by atoms with Gasteiger partial charge in [-0.15, -0.1) is 48.1 Å². The molecule has 8 aromatic carbocycles. The summed E-state index contributed by atoms with van der Waals surface area (Å²) in [7, 11) is 0. The van der Waals surface area contributed by atoms with Crippen LogP contribution in [-0.2, 0) is 27.5 Å². The Bertz CT molecular complexity index is 3320. The van der Waals surface area contributed by atoms with Gasteiger partial charge in [-0.25, -0.2) is 4.98 Å². The van der Waals surface area contributed by atoms with Crippen molar-refractivity contribution in [1.29, 1.82) is 0 Å². The van der Waals surface area contributed by atoms with E-state index in [-0.39, 0.29) is 33.2 Å². The second-order valence-electron chi connectivity index (χ2n) is 16.2. The first kappa shape index (κ1) is 38.5. The average molecular weight is 1010 g/mol. The summed E-state index contributed by atoms with van der Waals surface area (Å²) in [5.74, 6) is 1.68. The van der Waals surface area contributed by atoms with Gasteiger partial charge in [0.25, 0.3) is 0 Å². The van der Waals surface area contributed by atoms with Gasteiger partial charge < -0.3 is 19.1 Å². The molecule has 6 heteroatoms. The number of hydrogen-bond donors (Lipinski definition) is 0. The van der Waals surface area contributed by atoms with E-state index in [1.165, 1.54) is 0 Å². The molecule has 5 nitrogen and oxygen atoms in total. The molecule has 0 fully saturated rings. The Morgan fingerprint density at radius 3 is 1.83 bits per heavy atom. The van der Waals surface area contributed by atoms with Crippen LogP contribution in [0, 0.1) is 24.7 Å². The zero-order chi connectivity index (χ0) is 44.0. The molecule has 64 heavy (non-hydrogen) atoms. The fraction of sp³-hybridized carbons (Fsp3) is 0.0690. The third kappa shape index (κ3) is 7.56. The van der Waals surface area contributed by atoms with E-state index in [2.05, 4.69) is 152 Å². The van der Waals surface area contributed by atoms with Gasteiger partial charge >= 0.3 is 0 Å². The Morgan fingerprint density at radius 2 is 1.16 bits per heavy atom. The van der Waals surface area contributed by atoms with Crippen molar-refractivity contribution in [3.05, 3.63) is 225 Å². The minimum atomic E-state index is 0. The zero-order valence-electron chi connectivity index (χ0n) is 37.3. The van der Waals surface area contributed by atoms with Crippen molar-refractivity contribution >= 4 is 44.6 Å². The summed E-state index contributed by atoms with van der Waals surface area (Å²) in [6.07, 6.45) is 0.775. The standard InChI is InChI=1S/C58H43N4O.Pt/c1-40(2)34-44-35-57(59-38-52(44)43-22-10-5-11-23-43)62-53-29-13-12-26-50(53)51-33-32-47(37-56(51)62)63-46-25-16-24-45(36-46)60-39-61(55-31-15-14-30-54(55)60)58-48(41-18-6-3-7-19-41)27-17-28-49(58)42-20-8-4-9-21-42;/h3-33,35,38-40H,34H2,1-2H3;/q-3;/i35D,38D;. The minimum Gasteiger partial charge on any atom is -0.509 e. The van der Waals surface area contributed by atoms with Gasteiger partial charge in [0.2, 0.25) is 0 Å². The van der Waals surface area contributed by atoms with Crippen molar-refractivity contribution in [2.24, 2.45) is 5.92 Å². The molecule has 1 aliphatic rings. The van der Waals surface area contributed by atoms with Crippen LogP contribution in [0.1, 0.15) is 22.2 Å². The number of fused-ring (bicyclic) bond motifs is 4. The second kappa shape index (κ2) is 17.5. The third-order valence-corrected chi connectivity index (χ3v) is 11.6. The molecule has 10 aromatic rings.